The Morgan fingerprint density at radius 1 is 1.60 bits per heavy atom. The van der Waals surface area contributed by atoms with Crippen LogP contribution in [0.4, 0.5) is 4.79 Å². The van der Waals surface area contributed by atoms with Crippen LogP contribution >= 0.6 is 0 Å². The van der Waals surface area contributed by atoms with Crippen molar-refractivity contribution in [1.29, 1.82) is 0 Å². The molecule has 1 amide bonds. The predicted molar refractivity (Wildman–Crippen MR) is 57.6 cm³/mol. The first-order valence-electron chi connectivity index (χ1n) is 5.71. The lowest BCUT2D eigenvalue weighted by Gasteiger charge is -2.36. The number of carbonyl (C=O) groups excluding carboxylic acids is 1. The highest BCUT2D eigenvalue weighted by molar-refractivity contribution is 5.67. The Hall–Kier alpha value is -0.770. The Morgan fingerprint density at radius 2 is 2.33 bits per heavy atom. The molecule has 88 valence electrons. The third-order valence-corrected chi connectivity index (χ3v) is 3.11. The van der Waals surface area contributed by atoms with Crippen molar-refractivity contribution in [3.05, 3.63) is 0 Å². The van der Waals surface area contributed by atoms with Gasteiger partial charge in [0.2, 0.25) is 0 Å². The average Bonchev–Trinajstić information content (AvgIpc) is 2.21. The molecule has 0 saturated carbocycles. The fourth-order valence-corrected chi connectivity index (χ4v) is 2.17. The standard InChI is InChI=1S/C11H21NO3/c1-3-15-11(14)12-6-4-10(5-7-13)9(2)8-12/h9-10,13H,3-8H2,1-2H3/t9-,10-/m0/s1. The number of piperidine rings is 1. The van der Waals surface area contributed by atoms with E-state index in [9.17, 15) is 4.79 Å². The maximum atomic E-state index is 11.5. The van der Waals surface area contributed by atoms with Gasteiger partial charge in [0.1, 0.15) is 0 Å². The highest BCUT2D eigenvalue weighted by Crippen LogP contribution is 2.26. The van der Waals surface area contributed by atoms with Crippen LogP contribution < -0.4 is 0 Å². The van der Waals surface area contributed by atoms with Gasteiger partial charge in [0.25, 0.3) is 0 Å². The SMILES string of the molecule is CCOC(=O)N1CC[C@@H](CCO)[C@@H](C)C1. The molecule has 0 aromatic carbocycles. The van der Waals surface area contributed by atoms with Crippen LogP contribution in [0.1, 0.15) is 26.7 Å². The molecule has 0 bridgehead atoms. The molecule has 0 aliphatic carbocycles. The van der Waals surface area contributed by atoms with Gasteiger partial charge in [-0.15, -0.1) is 0 Å². The molecule has 1 fully saturated rings. The Morgan fingerprint density at radius 3 is 2.87 bits per heavy atom. The van der Waals surface area contributed by atoms with Crippen LogP contribution in [0.15, 0.2) is 0 Å². The Kier molecular flexibility index (Phi) is 4.88. The topological polar surface area (TPSA) is 49.8 Å². The third-order valence-electron chi connectivity index (χ3n) is 3.11. The maximum absolute atomic E-state index is 11.5. The summed E-state index contributed by atoms with van der Waals surface area (Å²) in [6.07, 6.45) is 1.62. The van der Waals surface area contributed by atoms with Crippen molar-refractivity contribution in [2.75, 3.05) is 26.3 Å². The number of amides is 1. The first-order valence-corrected chi connectivity index (χ1v) is 5.71. The van der Waals surface area contributed by atoms with E-state index in [2.05, 4.69) is 6.92 Å². The van der Waals surface area contributed by atoms with Crippen LogP contribution in [0, 0.1) is 11.8 Å². The number of aliphatic hydroxyl groups excluding tert-OH is 1. The van der Waals surface area contributed by atoms with Crippen LogP contribution in [0.2, 0.25) is 0 Å². The van der Waals surface area contributed by atoms with Crippen molar-refractivity contribution in [2.24, 2.45) is 11.8 Å². The van der Waals surface area contributed by atoms with E-state index in [0.717, 1.165) is 25.9 Å². The Balaban J connectivity index is 2.39. The van der Waals surface area contributed by atoms with Gasteiger partial charge >= 0.3 is 6.09 Å². The van der Waals surface area contributed by atoms with Gasteiger partial charge in [0.15, 0.2) is 0 Å². The smallest absolute Gasteiger partial charge is 0.409 e. The third kappa shape index (κ3) is 3.38. The minimum absolute atomic E-state index is 0.202. The van der Waals surface area contributed by atoms with E-state index >= 15 is 0 Å². The summed E-state index contributed by atoms with van der Waals surface area (Å²) in [5.41, 5.74) is 0. The number of likely N-dealkylation sites (tertiary alicyclic amines) is 1. The molecule has 0 radical (unpaired) electrons. The van der Waals surface area contributed by atoms with Crippen LogP contribution in [0.5, 0.6) is 0 Å². The second kappa shape index (κ2) is 5.95. The van der Waals surface area contributed by atoms with Gasteiger partial charge in [0, 0.05) is 19.7 Å². The van der Waals surface area contributed by atoms with Crippen molar-refractivity contribution in [3.8, 4) is 0 Å². The summed E-state index contributed by atoms with van der Waals surface area (Å²) in [6.45, 7) is 6.14. The summed E-state index contributed by atoms with van der Waals surface area (Å²) in [5, 5.41) is 8.89. The fraction of sp³-hybridized carbons (Fsp3) is 0.909. The highest BCUT2D eigenvalue weighted by Gasteiger charge is 2.28. The monoisotopic (exact) mass is 215 g/mol. The largest absolute Gasteiger partial charge is 0.450 e. The predicted octanol–water partition coefficient (Wildman–Crippen LogP) is 1.48. The van der Waals surface area contributed by atoms with Gasteiger partial charge in [0.05, 0.1) is 6.61 Å². The second-order valence-corrected chi connectivity index (χ2v) is 4.18. The van der Waals surface area contributed by atoms with Gasteiger partial charge in [-0.25, -0.2) is 4.79 Å². The van der Waals surface area contributed by atoms with E-state index < -0.39 is 0 Å². The fourth-order valence-electron chi connectivity index (χ4n) is 2.17. The van der Waals surface area contributed by atoms with E-state index in [-0.39, 0.29) is 12.7 Å². The summed E-state index contributed by atoms with van der Waals surface area (Å²) >= 11 is 0. The molecule has 1 rings (SSSR count). The summed E-state index contributed by atoms with van der Waals surface area (Å²) in [4.78, 5) is 13.2. The van der Waals surface area contributed by atoms with E-state index in [1.54, 1.807) is 4.90 Å². The van der Waals surface area contributed by atoms with Crippen molar-refractivity contribution < 1.29 is 14.6 Å². The minimum atomic E-state index is -0.202. The molecule has 0 unspecified atom stereocenters. The number of hydrogen-bond acceptors (Lipinski definition) is 3. The van der Waals surface area contributed by atoms with Crippen molar-refractivity contribution in [1.82, 2.24) is 4.90 Å². The van der Waals surface area contributed by atoms with Gasteiger partial charge in [-0.2, -0.15) is 0 Å². The lowest BCUT2D eigenvalue weighted by Crippen LogP contribution is -2.43. The molecule has 0 aromatic heterocycles. The molecule has 4 heteroatoms. The molecule has 0 spiro atoms. The van der Waals surface area contributed by atoms with Gasteiger partial charge < -0.3 is 14.7 Å². The molecule has 1 aliphatic rings. The van der Waals surface area contributed by atoms with Crippen LogP contribution in [-0.2, 0) is 4.74 Å². The second-order valence-electron chi connectivity index (χ2n) is 4.18. The van der Waals surface area contributed by atoms with E-state index in [0.29, 0.717) is 18.4 Å². The lowest BCUT2D eigenvalue weighted by molar-refractivity contribution is 0.0697. The molecule has 1 N–H and O–H groups in total. The maximum Gasteiger partial charge on any atom is 0.409 e. The molecule has 15 heavy (non-hydrogen) atoms. The molecule has 1 aliphatic heterocycles. The van der Waals surface area contributed by atoms with Crippen molar-refractivity contribution >= 4 is 6.09 Å². The zero-order valence-electron chi connectivity index (χ0n) is 9.61. The van der Waals surface area contributed by atoms with Crippen LogP contribution in [0.25, 0.3) is 0 Å². The number of nitrogens with zero attached hydrogens (tertiary/aromatic N) is 1. The highest BCUT2D eigenvalue weighted by atomic mass is 16.6. The van der Waals surface area contributed by atoms with Crippen molar-refractivity contribution in [2.45, 2.75) is 26.7 Å². The zero-order valence-corrected chi connectivity index (χ0v) is 9.61. The first kappa shape index (κ1) is 12.3. The normalized spacial score (nSPS) is 26.5. The van der Waals surface area contributed by atoms with E-state index in [4.69, 9.17) is 9.84 Å². The molecule has 0 aromatic rings. The summed E-state index contributed by atoms with van der Waals surface area (Å²) in [6, 6.07) is 0. The number of rotatable bonds is 3. The number of hydrogen-bond donors (Lipinski definition) is 1. The quantitative estimate of drug-likeness (QED) is 0.776. The molecule has 1 saturated heterocycles. The van der Waals surface area contributed by atoms with Crippen molar-refractivity contribution in [3.63, 3.8) is 0 Å². The summed E-state index contributed by atoms with van der Waals surface area (Å²) in [5.74, 6) is 0.996. The molecular weight excluding hydrogens is 194 g/mol. The van der Waals surface area contributed by atoms with E-state index in [1.807, 2.05) is 6.92 Å². The van der Waals surface area contributed by atoms with Gasteiger partial charge in [-0.1, -0.05) is 6.92 Å². The minimum Gasteiger partial charge on any atom is -0.450 e. The molecular formula is C11H21NO3. The van der Waals surface area contributed by atoms with Gasteiger partial charge in [-0.3, -0.25) is 0 Å². The van der Waals surface area contributed by atoms with Crippen LogP contribution in [0.3, 0.4) is 0 Å². The Bertz CT molecular complexity index is 208. The Labute approximate surface area is 91.2 Å². The van der Waals surface area contributed by atoms with Crippen LogP contribution in [-0.4, -0.2) is 42.4 Å². The lowest BCUT2D eigenvalue weighted by atomic mass is 9.85. The first-order chi connectivity index (χ1) is 7.19. The number of ether oxygens (including phenoxy) is 1. The number of aliphatic hydroxyl groups is 1. The number of carbonyl (C=O) groups is 1. The van der Waals surface area contributed by atoms with Gasteiger partial charge in [-0.05, 0) is 31.6 Å². The summed E-state index contributed by atoms with van der Waals surface area (Å²) < 4.78 is 4.96. The zero-order chi connectivity index (χ0) is 11.3. The van der Waals surface area contributed by atoms with E-state index in [1.165, 1.54) is 0 Å². The molecule has 4 nitrogen and oxygen atoms in total. The summed E-state index contributed by atoms with van der Waals surface area (Å²) in [7, 11) is 0. The average molecular weight is 215 g/mol. The molecule has 2 atom stereocenters. The molecule has 1 heterocycles.